The molecule has 0 aliphatic carbocycles. The Balaban J connectivity index is 0.000000171. The molecule has 4 aromatic rings. The highest BCUT2D eigenvalue weighted by Crippen LogP contribution is 2.34. The molecule has 7 heterocycles. The summed E-state index contributed by atoms with van der Waals surface area (Å²) in [5.74, 6) is -0.191. The third-order valence-corrected chi connectivity index (χ3v) is 13.1. The van der Waals surface area contributed by atoms with Gasteiger partial charge in [-0.25, -0.2) is 0 Å². The first-order valence-corrected chi connectivity index (χ1v) is 21.6. The van der Waals surface area contributed by atoms with Gasteiger partial charge >= 0.3 is 0 Å². The van der Waals surface area contributed by atoms with E-state index in [1.807, 2.05) is 37.3 Å². The van der Waals surface area contributed by atoms with E-state index < -0.39 is 18.0 Å². The summed E-state index contributed by atoms with van der Waals surface area (Å²) in [7, 11) is 0. The number of imide groups is 2. The van der Waals surface area contributed by atoms with Crippen LogP contribution in [0.5, 0.6) is 11.5 Å². The fourth-order valence-corrected chi connectivity index (χ4v) is 9.56. The molecule has 62 heavy (non-hydrogen) atoms. The van der Waals surface area contributed by atoms with E-state index in [4.69, 9.17) is 9.47 Å². The van der Waals surface area contributed by atoms with Crippen molar-refractivity contribution in [2.24, 2.45) is 0 Å². The van der Waals surface area contributed by atoms with Crippen LogP contribution in [0.3, 0.4) is 0 Å². The molecule has 6 aliphatic heterocycles. The number of carbonyl (C=O) groups is 6. The van der Waals surface area contributed by atoms with Crippen LogP contribution in [0, 0.1) is 6.92 Å². The molecule has 4 fully saturated rings. The molecule has 1 aromatic heterocycles. The summed E-state index contributed by atoms with van der Waals surface area (Å²) in [6.45, 7) is 9.76. The Hall–Kier alpha value is -6.19. The van der Waals surface area contributed by atoms with Crippen LogP contribution in [0.1, 0.15) is 95.5 Å². The predicted molar refractivity (Wildman–Crippen MR) is 227 cm³/mol. The number of pyridine rings is 1. The molecule has 2 unspecified atom stereocenters. The zero-order chi connectivity index (χ0) is 43.2. The summed E-state index contributed by atoms with van der Waals surface area (Å²) in [4.78, 5) is 82.9. The normalized spacial score (nSPS) is 26.0. The second-order valence-corrected chi connectivity index (χ2v) is 17.3. The van der Waals surface area contributed by atoms with Crippen molar-refractivity contribution < 1.29 is 38.2 Å². The van der Waals surface area contributed by atoms with Crippen molar-refractivity contribution in [3.8, 4) is 11.5 Å². The van der Waals surface area contributed by atoms with Crippen LogP contribution in [0.25, 0.3) is 10.9 Å². The molecule has 15 nitrogen and oxygen atoms in total. The quantitative estimate of drug-likeness (QED) is 0.219. The van der Waals surface area contributed by atoms with Gasteiger partial charge in [0, 0.05) is 73.3 Å². The fourth-order valence-electron chi connectivity index (χ4n) is 9.56. The Labute approximate surface area is 359 Å². The average molecular weight is 842 g/mol. The first-order valence-electron chi connectivity index (χ1n) is 21.6. The summed E-state index contributed by atoms with van der Waals surface area (Å²) >= 11 is 0. The Bertz CT molecular complexity index is 2490. The molecule has 0 bridgehead atoms. The highest BCUT2D eigenvalue weighted by Gasteiger charge is 2.41. The highest BCUT2D eigenvalue weighted by molar-refractivity contribution is 6.06. The molecule has 6 amide bonds. The first-order chi connectivity index (χ1) is 29.9. The molecule has 0 spiro atoms. The number of piperidine rings is 2. The lowest BCUT2D eigenvalue weighted by Crippen LogP contribution is -2.52. The molecular weight excluding hydrogens is 791 g/mol. The third kappa shape index (κ3) is 8.26. The molecule has 10 rings (SSSR count). The van der Waals surface area contributed by atoms with E-state index in [1.165, 1.54) is 5.56 Å². The van der Waals surface area contributed by atoms with E-state index in [9.17, 15) is 28.8 Å². The van der Waals surface area contributed by atoms with E-state index in [2.05, 4.69) is 63.9 Å². The van der Waals surface area contributed by atoms with Gasteiger partial charge < -0.3 is 24.6 Å². The van der Waals surface area contributed by atoms with Crippen LogP contribution in [-0.4, -0.2) is 105 Å². The second kappa shape index (κ2) is 16.9. The Morgan fingerprint density at radius 2 is 1.27 bits per heavy atom. The van der Waals surface area contributed by atoms with Crippen LogP contribution in [0.15, 0.2) is 66.7 Å². The first kappa shape index (κ1) is 41.2. The fraction of sp³-hybridized carbons (Fsp3) is 0.426. The maximum Gasteiger partial charge on any atom is 0.255 e. The zero-order valence-electron chi connectivity index (χ0n) is 35.1. The minimum Gasteiger partial charge on any atom is -0.489 e. The van der Waals surface area contributed by atoms with Crippen LogP contribution in [-0.2, 0) is 38.8 Å². The summed E-state index contributed by atoms with van der Waals surface area (Å²) in [5, 5.41) is 9.16. The Morgan fingerprint density at radius 3 is 1.84 bits per heavy atom. The number of hydrogen-bond acceptors (Lipinski definition) is 11. The Morgan fingerprint density at radius 1 is 0.677 bits per heavy atom. The average Bonchev–Trinajstić information content (AvgIpc) is 3.99. The summed E-state index contributed by atoms with van der Waals surface area (Å²) in [6, 6.07) is 21.0. The minimum absolute atomic E-state index is 0.0474. The van der Waals surface area contributed by atoms with E-state index in [0.29, 0.717) is 43.1 Å². The van der Waals surface area contributed by atoms with Crippen molar-refractivity contribution in [3.63, 3.8) is 0 Å². The third-order valence-electron chi connectivity index (χ3n) is 13.1. The molecule has 322 valence electrons. The van der Waals surface area contributed by atoms with Crippen molar-refractivity contribution in [1.29, 1.82) is 0 Å². The van der Waals surface area contributed by atoms with Crippen LogP contribution < -0.4 is 25.4 Å². The number of hydrogen-bond donors (Lipinski definition) is 3. The molecule has 0 radical (unpaired) electrons. The number of benzene rings is 3. The predicted octanol–water partition coefficient (Wildman–Crippen LogP) is 3.92. The van der Waals surface area contributed by atoms with Gasteiger partial charge in [0.15, 0.2) is 0 Å². The van der Waals surface area contributed by atoms with Gasteiger partial charge in [-0.3, -0.25) is 49.3 Å². The number of likely N-dealkylation sites (tertiary alicyclic amines) is 1. The van der Waals surface area contributed by atoms with Gasteiger partial charge in [-0.1, -0.05) is 12.1 Å². The van der Waals surface area contributed by atoms with E-state index in [0.717, 1.165) is 71.7 Å². The molecule has 4 saturated heterocycles. The van der Waals surface area contributed by atoms with Gasteiger partial charge in [0.2, 0.25) is 23.6 Å². The van der Waals surface area contributed by atoms with E-state index in [-0.39, 0.29) is 60.6 Å². The second-order valence-electron chi connectivity index (χ2n) is 17.3. The molecule has 6 aliphatic rings. The van der Waals surface area contributed by atoms with Gasteiger partial charge in [-0.2, -0.15) is 0 Å². The zero-order valence-corrected chi connectivity index (χ0v) is 35.1. The molecule has 3 N–H and O–H groups in total. The monoisotopic (exact) mass is 841 g/mol. The number of amides is 6. The van der Waals surface area contributed by atoms with Crippen LogP contribution >= 0.6 is 0 Å². The molecule has 3 aromatic carbocycles. The molecular formula is C47H51N7O8. The Kier molecular flexibility index (Phi) is 11.2. The summed E-state index contributed by atoms with van der Waals surface area (Å²) in [6.07, 6.45) is 3.30. The number of fused-ring (bicyclic) bond motifs is 3. The molecule has 0 saturated carbocycles. The van der Waals surface area contributed by atoms with Gasteiger partial charge in [-0.15, -0.1) is 0 Å². The van der Waals surface area contributed by atoms with E-state index in [1.54, 1.807) is 21.9 Å². The lowest BCUT2D eigenvalue weighted by atomic mass is 10.0. The van der Waals surface area contributed by atoms with Crippen LogP contribution in [0.4, 0.5) is 0 Å². The number of carbonyl (C=O) groups excluding carboxylic acids is 6. The van der Waals surface area contributed by atoms with Gasteiger partial charge in [-0.05, 0) is 124 Å². The van der Waals surface area contributed by atoms with Crippen molar-refractivity contribution in [2.75, 3.05) is 13.1 Å². The van der Waals surface area contributed by atoms with Gasteiger partial charge in [0.05, 0.1) is 5.52 Å². The number of nitrogens with zero attached hydrogens (tertiary/aromatic N) is 4. The maximum absolute atomic E-state index is 13.0. The van der Waals surface area contributed by atoms with Crippen molar-refractivity contribution in [3.05, 3.63) is 100 Å². The van der Waals surface area contributed by atoms with Crippen molar-refractivity contribution in [2.45, 2.75) is 115 Å². The maximum atomic E-state index is 13.0. The largest absolute Gasteiger partial charge is 0.489 e. The molecule has 15 heteroatoms. The van der Waals surface area contributed by atoms with Gasteiger partial charge in [0.1, 0.15) is 35.8 Å². The smallest absolute Gasteiger partial charge is 0.255 e. The summed E-state index contributed by atoms with van der Waals surface area (Å²) < 4.78 is 12.5. The lowest BCUT2D eigenvalue weighted by Gasteiger charge is -2.29. The van der Waals surface area contributed by atoms with E-state index >= 15 is 0 Å². The van der Waals surface area contributed by atoms with Crippen LogP contribution in [0.2, 0.25) is 0 Å². The molecule has 6 atom stereocenters. The number of nitrogens with one attached hydrogen (secondary N) is 3. The summed E-state index contributed by atoms with van der Waals surface area (Å²) in [5.41, 5.74) is 6.23. The minimum atomic E-state index is -0.611. The number of ether oxygens (including phenoxy) is 2. The topological polar surface area (TPSA) is 180 Å². The van der Waals surface area contributed by atoms with Gasteiger partial charge in [0.25, 0.3) is 11.8 Å². The van der Waals surface area contributed by atoms with Crippen molar-refractivity contribution >= 4 is 46.3 Å². The number of rotatable bonds is 8. The van der Waals surface area contributed by atoms with Crippen molar-refractivity contribution in [1.82, 2.24) is 35.6 Å². The number of aryl methyl sites for hydroxylation is 1. The SMILES string of the molecule is C[C@H]1NCC[C@@H]1Oc1ccc2c(c1)CN(C1CCC(=O)NC1=O)C2=O.Cc1ccc2cc(CN3CC[C@H](Oc4ccc5c(c4)CN(C4CCC(=O)NC4=O)C5=O)[C@H]3C)ccc2n1. The lowest BCUT2D eigenvalue weighted by molar-refractivity contribution is -0.138. The standard InChI is InChI=1S/C29H30N4O4.C18H21N3O4/c1-17-3-5-20-13-19(4-8-24(20)30-17)15-32-12-11-26(18(32)2)37-22-6-7-23-21(14-22)16-33(29(23)36)25-9-10-27(34)31-28(25)35;1-10-15(6-7-19-10)25-12-2-3-13-11(8-12)9-21(18(13)24)14-4-5-16(22)20-17(14)23/h3-8,13-14,18,25-26H,9-12,15-16H2,1-2H3,(H,31,34,35);2-3,8,10,14-15,19H,4-7,9H2,1H3,(H,20,22,23)/t18-,25?,26+;10-,14?,15+/m11/s1. The number of aromatic nitrogens is 1. The highest BCUT2D eigenvalue weighted by atomic mass is 16.5.